The molecule has 0 radical (unpaired) electrons. The summed E-state index contributed by atoms with van der Waals surface area (Å²) in [4.78, 5) is 10.4. The first-order valence-electron chi connectivity index (χ1n) is 7.47. The van der Waals surface area contributed by atoms with Crippen molar-refractivity contribution >= 4 is 39.6 Å². The average Bonchev–Trinajstić information content (AvgIpc) is 3.06. The van der Waals surface area contributed by atoms with Gasteiger partial charge in [-0.05, 0) is 24.3 Å². The predicted octanol–water partition coefficient (Wildman–Crippen LogP) is 4.50. The Balaban J connectivity index is 1.49. The summed E-state index contributed by atoms with van der Waals surface area (Å²) in [5.74, 6) is 0.464. The van der Waals surface area contributed by atoms with Crippen LogP contribution >= 0.6 is 23.1 Å². The molecule has 3 aromatic rings. The number of nitro benzene ring substituents is 1. The second-order valence-corrected chi connectivity index (χ2v) is 7.25. The Morgan fingerprint density at radius 2 is 2.08 bits per heavy atom. The van der Waals surface area contributed by atoms with E-state index in [0.717, 1.165) is 4.34 Å². The summed E-state index contributed by atoms with van der Waals surface area (Å²) in [7, 11) is 0. The van der Waals surface area contributed by atoms with Crippen molar-refractivity contribution in [2.24, 2.45) is 0 Å². The van der Waals surface area contributed by atoms with Crippen LogP contribution in [0.3, 0.4) is 0 Å². The molecule has 0 saturated heterocycles. The average molecular weight is 392 g/mol. The van der Waals surface area contributed by atoms with Crippen LogP contribution in [0.25, 0.3) is 0 Å². The lowest BCUT2D eigenvalue weighted by Gasteiger charge is -2.05. The quantitative estimate of drug-likeness (QED) is 0.261. The van der Waals surface area contributed by atoms with E-state index in [-0.39, 0.29) is 17.3 Å². The van der Waals surface area contributed by atoms with E-state index < -0.39 is 4.92 Å². The highest BCUT2D eigenvalue weighted by atomic mass is 32.2. The molecule has 0 saturated carbocycles. The molecule has 0 amide bonds. The summed E-state index contributed by atoms with van der Waals surface area (Å²) in [6.45, 7) is 0.293. The number of aromatic nitrogens is 2. The summed E-state index contributed by atoms with van der Waals surface area (Å²) in [6.07, 6.45) is 0. The zero-order valence-corrected chi connectivity index (χ0v) is 14.9. The largest absolute Gasteiger partial charge is 0.486 e. The Labute approximate surface area is 156 Å². The molecule has 0 aliphatic rings. The monoisotopic (exact) mass is 392 g/mol. The number of ether oxygens (including phenoxy) is 1. The Kier molecular flexibility index (Phi) is 5.97. The number of nitro groups is 1. The van der Waals surface area contributed by atoms with Crippen LogP contribution in [-0.2, 0) is 0 Å². The molecule has 10 heteroatoms. The van der Waals surface area contributed by atoms with E-state index in [0.29, 0.717) is 23.2 Å². The van der Waals surface area contributed by atoms with Crippen LogP contribution in [0.1, 0.15) is 0 Å². The van der Waals surface area contributed by atoms with Crippen molar-refractivity contribution in [3.05, 3.63) is 64.5 Å². The lowest BCUT2D eigenvalue weighted by atomic mass is 10.3. The van der Waals surface area contributed by atoms with Gasteiger partial charge in [0.2, 0.25) is 5.13 Å². The van der Waals surface area contributed by atoms with Gasteiger partial charge in [-0.1, -0.05) is 41.3 Å². The van der Waals surface area contributed by atoms with Gasteiger partial charge in [0, 0.05) is 17.5 Å². The highest BCUT2D eigenvalue weighted by Crippen LogP contribution is 2.29. The summed E-state index contributed by atoms with van der Waals surface area (Å²) in [6, 6.07) is 12.3. The van der Waals surface area contributed by atoms with E-state index in [1.807, 2.05) is 0 Å². The molecule has 0 bridgehead atoms. The van der Waals surface area contributed by atoms with Gasteiger partial charge >= 0.3 is 5.69 Å². The van der Waals surface area contributed by atoms with Crippen molar-refractivity contribution in [1.29, 1.82) is 0 Å². The number of thioether (sulfide) groups is 1. The van der Waals surface area contributed by atoms with E-state index >= 15 is 0 Å². The molecule has 0 atom stereocenters. The number of anilines is 2. The second kappa shape index (κ2) is 8.59. The molecule has 3 rings (SSSR count). The molecular formula is C16H13FN4O3S2. The third-order valence-electron chi connectivity index (χ3n) is 3.11. The number of benzene rings is 2. The first-order valence-corrected chi connectivity index (χ1v) is 9.27. The summed E-state index contributed by atoms with van der Waals surface area (Å²) >= 11 is 2.76. The molecule has 2 aromatic carbocycles. The molecule has 0 aliphatic carbocycles. The van der Waals surface area contributed by atoms with Gasteiger partial charge in [0.25, 0.3) is 0 Å². The maximum Gasteiger partial charge on any atom is 0.310 e. The molecule has 0 spiro atoms. The number of nitrogens with zero attached hydrogens (tertiary/aromatic N) is 3. The smallest absolute Gasteiger partial charge is 0.310 e. The fraction of sp³-hybridized carbons (Fsp3) is 0.125. The lowest BCUT2D eigenvalue weighted by Crippen LogP contribution is -2.02. The van der Waals surface area contributed by atoms with E-state index in [9.17, 15) is 14.5 Å². The van der Waals surface area contributed by atoms with E-state index in [2.05, 4.69) is 15.5 Å². The Bertz CT molecular complexity index is 906. The molecule has 1 heterocycles. The zero-order valence-electron chi connectivity index (χ0n) is 13.3. The van der Waals surface area contributed by atoms with Gasteiger partial charge in [-0.15, -0.1) is 10.2 Å². The molecule has 26 heavy (non-hydrogen) atoms. The van der Waals surface area contributed by atoms with Crippen molar-refractivity contribution in [1.82, 2.24) is 10.2 Å². The zero-order chi connectivity index (χ0) is 18.4. The summed E-state index contributed by atoms with van der Waals surface area (Å²) in [5, 5.41) is 22.5. The van der Waals surface area contributed by atoms with Crippen molar-refractivity contribution in [2.45, 2.75) is 4.34 Å². The Morgan fingerprint density at radius 3 is 2.88 bits per heavy atom. The second-order valence-electron chi connectivity index (χ2n) is 4.93. The third kappa shape index (κ3) is 4.90. The minimum atomic E-state index is -0.475. The van der Waals surface area contributed by atoms with Gasteiger partial charge in [-0.25, -0.2) is 4.39 Å². The van der Waals surface area contributed by atoms with Crippen LogP contribution in [0, 0.1) is 15.9 Å². The van der Waals surface area contributed by atoms with Crippen LogP contribution < -0.4 is 10.1 Å². The van der Waals surface area contributed by atoms with Crippen molar-refractivity contribution in [3.8, 4) is 5.75 Å². The van der Waals surface area contributed by atoms with Gasteiger partial charge < -0.3 is 10.1 Å². The fourth-order valence-corrected chi connectivity index (χ4v) is 3.68. The molecule has 0 unspecified atom stereocenters. The number of nitrogens with one attached hydrogen (secondary N) is 1. The van der Waals surface area contributed by atoms with Crippen LogP contribution in [0.5, 0.6) is 5.75 Å². The number of para-hydroxylation sites is 2. The predicted molar refractivity (Wildman–Crippen MR) is 98.9 cm³/mol. The Hall–Kier alpha value is -2.72. The topological polar surface area (TPSA) is 90.2 Å². The maximum absolute atomic E-state index is 13.2. The number of rotatable bonds is 8. The van der Waals surface area contributed by atoms with E-state index in [1.165, 1.54) is 41.3 Å². The van der Waals surface area contributed by atoms with Crippen LogP contribution in [0.2, 0.25) is 0 Å². The molecule has 1 aromatic heterocycles. The van der Waals surface area contributed by atoms with Gasteiger partial charge in [-0.2, -0.15) is 0 Å². The van der Waals surface area contributed by atoms with Gasteiger partial charge in [0.15, 0.2) is 10.1 Å². The standard InChI is InChI=1S/C16H13FN4O3S2/c17-11-4-3-5-12(10-11)18-15-19-20-16(26-15)25-9-8-24-14-7-2-1-6-13(14)21(22)23/h1-7,10H,8-9H2,(H,18,19). The minimum absolute atomic E-state index is 0.0602. The lowest BCUT2D eigenvalue weighted by molar-refractivity contribution is -0.385. The third-order valence-corrected chi connectivity index (χ3v) is 5.05. The number of halogens is 1. The highest BCUT2D eigenvalue weighted by molar-refractivity contribution is 8.01. The first kappa shape index (κ1) is 18.1. The van der Waals surface area contributed by atoms with Crippen molar-refractivity contribution in [3.63, 3.8) is 0 Å². The minimum Gasteiger partial charge on any atom is -0.486 e. The maximum atomic E-state index is 13.2. The SMILES string of the molecule is O=[N+]([O-])c1ccccc1OCCSc1nnc(Nc2cccc(F)c2)s1. The number of hydrogen-bond donors (Lipinski definition) is 1. The van der Waals surface area contributed by atoms with E-state index in [4.69, 9.17) is 4.74 Å². The Morgan fingerprint density at radius 1 is 1.23 bits per heavy atom. The molecule has 7 nitrogen and oxygen atoms in total. The first-order chi connectivity index (χ1) is 12.6. The van der Waals surface area contributed by atoms with Gasteiger partial charge in [-0.3, -0.25) is 10.1 Å². The van der Waals surface area contributed by atoms with Gasteiger partial charge in [0.05, 0.1) is 11.5 Å². The molecule has 134 valence electrons. The number of hydrogen-bond acceptors (Lipinski definition) is 8. The van der Waals surface area contributed by atoms with Crippen LogP contribution in [0.15, 0.2) is 52.9 Å². The molecule has 0 fully saturated rings. The summed E-state index contributed by atoms with van der Waals surface area (Å²) in [5.41, 5.74) is 0.535. The molecule has 0 aliphatic heterocycles. The van der Waals surface area contributed by atoms with Crippen molar-refractivity contribution < 1.29 is 14.1 Å². The van der Waals surface area contributed by atoms with E-state index in [1.54, 1.807) is 30.3 Å². The normalized spacial score (nSPS) is 10.5. The van der Waals surface area contributed by atoms with Gasteiger partial charge in [0.1, 0.15) is 5.82 Å². The van der Waals surface area contributed by atoms with Crippen molar-refractivity contribution in [2.75, 3.05) is 17.7 Å². The summed E-state index contributed by atoms with van der Waals surface area (Å²) < 4.78 is 19.4. The molecular weight excluding hydrogens is 379 g/mol. The molecule has 1 N–H and O–H groups in total. The van der Waals surface area contributed by atoms with Crippen LogP contribution in [-0.4, -0.2) is 27.5 Å². The fourth-order valence-electron chi connectivity index (χ4n) is 2.02. The van der Waals surface area contributed by atoms with Crippen LogP contribution in [0.4, 0.5) is 20.9 Å². The highest BCUT2D eigenvalue weighted by Gasteiger charge is 2.13.